The van der Waals surface area contributed by atoms with E-state index in [1.807, 2.05) is 48.0 Å². The summed E-state index contributed by atoms with van der Waals surface area (Å²) in [5.74, 6) is 0.772. The average molecular weight is 327 g/mol. The minimum Gasteiger partial charge on any atom is -0.353 e. The molecular formula is C17H21N5O2. The van der Waals surface area contributed by atoms with Gasteiger partial charge in [-0.3, -0.25) is 9.69 Å². The van der Waals surface area contributed by atoms with Crippen molar-refractivity contribution < 1.29 is 9.59 Å². The van der Waals surface area contributed by atoms with E-state index in [4.69, 9.17) is 0 Å². The number of hydrogen-bond donors (Lipinski definition) is 1. The monoisotopic (exact) mass is 327 g/mol. The molecule has 0 spiro atoms. The van der Waals surface area contributed by atoms with Crippen LogP contribution in [0.3, 0.4) is 0 Å². The number of urea groups is 1. The molecule has 1 aliphatic rings. The lowest BCUT2D eigenvalue weighted by Gasteiger charge is -2.18. The second-order valence-corrected chi connectivity index (χ2v) is 5.71. The highest BCUT2D eigenvalue weighted by Crippen LogP contribution is 2.19. The standard InChI is InChI=1S/C17H21N5O2/c1-14-18-7-9-20(14)10-8-19-16(23)13-21-11-12-22(17(21)24)15-5-3-2-4-6-15/h2-7,9H,8,10-13H2,1H3,(H,19,23). The number of nitrogens with zero attached hydrogens (tertiary/aromatic N) is 4. The Hall–Kier alpha value is -2.83. The van der Waals surface area contributed by atoms with E-state index in [9.17, 15) is 9.59 Å². The molecule has 1 aromatic heterocycles. The highest BCUT2D eigenvalue weighted by molar-refractivity contribution is 5.96. The Morgan fingerprint density at radius 2 is 2.04 bits per heavy atom. The molecule has 126 valence electrons. The highest BCUT2D eigenvalue weighted by atomic mass is 16.2. The Morgan fingerprint density at radius 1 is 1.25 bits per heavy atom. The molecule has 1 aromatic carbocycles. The number of carbonyl (C=O) groups excluding carboxylic acids is 2. The number of para-hydroxylation sites is 1. The van der Waals surface area contributed by atoms with Gasteiger partial charge in [-0.2, -0.15) is 0 Å². The van der Waals surface area contributed by atoms with Crippen molar-refractivity contribution in [3.63, 3.8) is 0 Å². The van der Waals surface area contributed by atoms with Gasteiger partial charge in [0.2, 0.25) is 5.91 Å². The van der Waals surface area contributed by atoms with Gasteiger partial charge in [0.25, 0.3) is 0 Å². The van der Waals surface area contributed by atoms with Crippen LogP contribution in [0.4, 0.5) is 10.5 Å². The van der Waals surface area contributed by atoms with Gasteiger partial charge in [0.05, 0.1) is 0 Å². The molecule has 1 N–H and O–H groups in total. The summed E-state index contributed by atoms with van der Waals surface area (Å²) in [4.78, 5) is 31.9. The third-order valence-electron chi connectivity index (χ3n) is 4.10. The molecule has 3 amide bonds. The Labute approximate surface area is 140 Å². The van der Waals surface area contributed by atoms with Gasteiger partial charge >= 0.3 is 6.03 Å². The molecule has 0 saturated carbocycles. The van der Waals surface area contributed by atoms with Crippen LogP contribution in [0.1, 0.15) is 5.82 Å². The van der Waals surface area contributed by atoms with E-state index in [2.05, 4.69) is 10.3 Å². The zero-order chi connectivity index (χ0) is 16.9. The summed E-state index contributed by atoms with van der Waals surface area (Å²) in [7, 11) is 0. The molecule has 7 nitrogen and oxygen atoms in total. The lowest BCUT2D eigenvalue weighted by Crippen LogP contribution is -2.40. The Bertz CT molecular complexity index is 713. The van der Waals surface area contributed by atoms with E-state index in [1.54, 1.807) is 16.0 Å². The number of hydrogen-bond acceptors (Lipinski definition) is 3. The molecule has 1 fully saturated rings. The molecule has 0 bridgehead atoms. The van der Waals surface area contributed by atoms with Crippen molar-refractivity contribution in [2.24, 2.45) is 0 Å². The van der Waals surface area contributed by atoms with Gasteiger partial charge in [-0.25, -0.2) is 9.78 Å². The summed E-state index contributed by atoms with van der Waals surface area (Å²) >= 11 is 0. The molecule has 0 radical (unpaired) electrons. The Balaban J connectivity index is 1.47. The molecule has 1 saturated heterocycles. The number of carbonyl (C=O) groups is 2. The van der Waals surface area contributed by atoms with Crippen molar-refractivity contribution in [2.45, 2.75) is 13.5 Å². The summed E-state index contributed by atoms with van der Waals surface area (Å²) in [6, 6.07) is 9.38. The van der Waals surface area contributed by atoms with Gasteiger partial charge in [0, 0.05) is 44.3 Å². The van der Waals surface area contributed by atoms with Crippen molar-refractivity contribution in [1.82, 2.24) is 19.8 Å². The normalized spacial score (nSPS) is 14.3. The number of aryl methyl sites for hydroxylation is 1. The lowest BCUT2D eigenvalue weighted by atomic mass is 10.3. The van der Waals surface area contributed by atoms with Crippen molar-refractivity contribution in [3.8, 4) is 0 Å². The quantitative estimate of drug-likeness (QED) is 0.868. The number of aromatic nitrogens is 2. The predicted octanol–water partition coefficient (Wildman–Crippen LogP) is 1.25. The zero-order valence-electron chi connectivity index (χ0n) is 13.7. The third-order valence-corrected chi connectivity index (χ3v) is 4.10. The second-order valence-electron chi connectivity index (χ2n) is 5.71. The van der Waals surface area contributed by atoms with Gasteiger partial charge in [-0.05, 0) is 19.1 Å². The maximum absolute atomic E-state index is 12.4. The average Bonchev–Trinajstić information content (AvgIpc) is 3.15. The topological polar surface area (TPSA) is 70.5 Å². The first kappa shape index (κ1) is 16.0. The van der Waals surface area contributed by atoms with Gasteiger partial charge in [-0.15, -0.1) is 0 Å². The number of rotatable bonds is 6. The molecular weight excluding hydrogens is 306 g/mol. The van der Waals surface area contributed by atoms with E-state index < -0.39 is 0 Å². The van der Waals surface area contributed by atoms with Gasteiger partial charge in [0.1, 0.15) is 12.4 Å². The smallest absolute Gasteiger partial charge is 0.325 e. The summed E-state index contributed by atoms with van der Waals surface area (Å²) in [6.45, 7) is 4.35. The van der Waals surface area contributed by atoms with E-state index in [-0.39, 0.29) is 18.5 Å². The zero-order valence-corrected chi connectivity index (χ0v) is 13.7. The van der Waals surface area contributed by atoms with Crippen LogP contribution < -0.4 is 10.2 Å². The largest absolute Gasteiger partial charge is 0.353 e. The minimum atomic E-state index is -0.143. The van der Waals surface area contributed by atoms with Crippen LogP contribution in [0.5, 0.6) is 0 Å². The fourth-order valence-electron chi connectivity index (χ4n) is 2.76. The number of anilines is 1. The first-order valence-corrected chi connectivity index (χ1v) is 8.01. The first-order valence-electron chi connectivity index (χ1n) is 8.01. The highest BCUT2D eigenvalue weighted by Gasteiger charge is 2.30. The number of benzene rings is 1. The lowest BCUT2D eigenvalue weighted by molar-refractivity contribution is -0.121. The minimum absolute atomic E-state index is 0.0884. The van der Waals surface area contributed by atoms with Crippen LogP contribution in [0.25, 0.3) is 0 Å². The SMILES string of the molecule is Cc1nccn1CCNC(=O)CN1CCN(c2ccccc2)C1=O. The van der Waals surface area contributed by atoms with Crippen molar-refractivity contribution >= 4 is 17.6 Å². The number of imidazole rings is 1. The first-order chi connectivity index (χ1) is 11.6. The molecule has 3 rings (SSSR count). The van der Waals surface area contributed by atoms with Crippen LogP contribution in [-0.4, -0.2) is 52.6 Å². The van der Waals surface area contributed by atoms with Gasteiger partial charge in [0.15, 0.2) is 0 Å². The molecule has 1 aliphatic heterocycles. The van der Waals surface area contributed by atoms with Crippen LogP contribution in [0.15, 0.2) is 42.7 Å². The van der Waals surface area contributed by atoms with Crippen LogP contribution in [-0.2, 0) is 11.3 Å². The van der Waals surface area contributed by atoms with Crippen LogP contribution in [0, 0.1) is 6.92 Å². The molecule has 2 aromatic rings. The van der Waals surface area contributed by atoms with E-state index in [0.29, 0.717) is 26.2 Å². The van der Waals surface area contributed by atoms with Gasteiger partial charge in [-0.1, -0.05) is 18.2 Å². The molecule has 2 heterocycles. The summed E-state index contributed by atoms with van der Waals surface area (Å²) in [5.41, 5.74) is 0.862. The molecule has 24 heavy (non-hydrogen) atoms. The Kier molecular flexibility index (Phi) is 4.79. The predicted molar refractivity (Wildman–Crippen MR) is 90.7 cm³/mol. The fraction of sp³-hybridized carbons (Fsp3) is 0.353. The molecule has 7 heteroatoms. The maximum Gasteiger partial charge on any atom is 0.325 e. The molecule has 0 aliphatic carbocycles. The third kappa shape index (κ3) is 3.56. The van der Waals surface area contributed by atoms with E-state index >= 15 is 0 Å². The summed E-state index contributed by atoms with van der Waals surface area (Å²) < 4.78 is 1.97. The maximum atomic E-state index is 12.4. The summed E-state index contributed by atoms with van der Waals surface area (Å²) in [5, 5.41) is 2.85. The number of nitrogens with one attached hydrogen (secondary N) is 1. The van der Waals surface area contributed by atoms with Crippen molar-refractivity contribution in [1.29, 1.82) is 0 Å². The summed E-state index contributed by atoms with van der Waals surface area (Å²) in [6.07, 6.45) is 3.61. The van der Waals surface area contributed by atoms with Gasteiger partial charge < -0.3 is 14.8 Å². The second kappa shape index (κ2) is 7.16. The molecule has 0 unspecified atom stereocenters. The van der Waals surface area contributed by atoms with E-state index in [0.717, 1.165) is 11.5 Å². The van der Waals surface area contributed by atoms with Crippen LogP contribution in [0.2, 0.25) is 0 Å². The van der Waals surface area contributed by atoms with Crippen molar-refractivity contribution in [2.75, 3.05) is 31.1 Å². The fourth-order valence-corrected chi connectivity index (χ4v) is 2.76. The van der Waals surface area contributed by atoms with E-state index in [1.165, 1.54) is 0 Å². The van der Waals surface area contributed by atoms with Crippen LogP contribution >= 0.6 is 0 Å². The molecule has 0 atom stereocenters. The van der Waals surface area contributed by atoms with Crippen molar-refractivity contribution in [3.05, 3.63) is 48.5 Å². The Morgan fingerprint density at radius 3 is 2.75 bits per heavy atom. The number of amides is 3.